The summed E-state index contributed by atoms with van der Waals surface area (Å²) in [5, 5.41) is 7.03. The number of carbonyl (C=O) groups is 2. The van der Waals surface area contributed by atoms with Crippen LogP contribution in [0.2, 0.25) is 0 Å². The molecular formula is C49H49NO2. The van der Waals surface area contributed by atoms with Crippen molar-refractivity contribution in [3.05, 3.63) is 193 Å². The van der Waals surface area contributed by atoms with E-state index in [0.29, 0.717) is 17.7 Å². The summed E-state index contributed by atoms with van der Waals surface area (Å²) < 4.78 is 0. The van der Waals surface area contributed by atoms with E-state index < -0.39 is 0 Å². The van der Waals surface area contributed by atoms with Crippen LogP contribution in [0.5, 0.6) is 0 Å². The van der Waals surface area contributed by atoms with Gasteiger partial charge in [0, 0.05) is 23.1 Å². The molecule has 7 aromatic carbocycles. The van der Waals surface area contributed by atoms with Crippen molar-refractivity contribution >= 4 is 55.3 Å². The summed E-state index contributed by atoms with van der Waals surface area (Å²) in [5.41, 5.74) is 5.93. The lowest BCUT2D eigenvalue weighted by atomic mass is 9.94. The van der Waals surface area contributed by atoms with E-state index >= 15 is 0 Å². The predicted molar refractivity (Wildman–Crippen MR) is 225 cm³/mol. The molecule has 0 spiro atoms. The van der Waals surface area contributed by atoms with Crippen molar-refractivity contribution in [2.45, 2.75) is 41.0 Å². The Morgan fingerprint density at radius 2 is 0.808 bits per heavy atom. The molecule has 0 saturated carbocycles. The molecule has 1 aliphatic heterocycles. The fourth-order valence-electron chi connectivity index (χ4n) is 5.77. The Bertz CT molecular complexity index is 2110. The Kier molecular flexibility index (Phi) is 14.4. The van der Waals surface area contributed by atoms with Gasteiger partial charge in [-0.05, 0) is 71.0 Å². The average molecular weight is 684 g/mol. The normalized spacial score (nSPS) is 11.1. The molecule has 0 bridgehead atoms. The maximum atomic E-state index is 12.1. The van der Waals surface area contributed by atoms with Crippen LogP contribution < -0.4 is 0 Å². The molecule has 0 atom stereocenters. The Balaban J connectivity index is 0.000000157. The highest BCUT2D eigenvalue weighted by molar-refractivity contribution is 6.25. The van der Waals surface area contributed by atoms with Gasteiger partial charge < -0.3 is 0 Å². The Morgan fingerprint density at radius 3 is 1.15 bits per heavy atom. The van der Waals surface area contributed by atoms with Crippen LogP contribution in [0.1, 0.15) is 72.9 Å². The van der Waals surface area contributed by atoms with Crippen molar-refractivity contribution in [1.29, 1.82) is 0 Å². The highest BCUT2D eigenvalue weighted by Gasteiger charge is 2.31. The number of amides is 2. The van der Waals surface area contributed by atoms with E-state index in [-0.39, 0.29) is 11.8 Å². The fourth-order valence-corrected chi connectivity index (χ4v) is 5.77. The summed E-state index contributed by atoms with van der Waals surface area (Å²) in [6, 6.07) is 52.8. The van der Waals surface area contributed by atoms with Gasteiger partial charge in [0.15, 0.2) is 0 Å². The van der Waals surface area contributed by atoms with Gasteiger partial charge >= 0.3 is 0 Å². The molecule has 0 saturated heterocycles. The third-order valence-electron chi connectivity index (χ3n) is 8.36. The molecule has 262 valence electrons. The minimum Gasteiger partial charge on any atom is -0.275 e. The van der Waals surface area contributed by atoms with Crippen molar-refractivity contribution in [3.8, 4) is 0 Å². The number of carbonyl (C=O) groups excluding carboxylic acids is 2. The molecule has 3 heteroatoms. The van der Waals surface area contributed by atoms with Crippen LogP contribution in [-0.2, 0) is 0 Å². The maximum Gasteiger partial charge on any atom is 0.261 e. The summed E-state index contributed by atoms with van der Waals surface area (Å²) in [7, 11) is 0. The van der Waals surface area contributed by atoms with E-state index in [1.165, 1.54) is 44.0 Å². The van der Waals surface area contributed by atoms with E-state index in [2.05, 4.69) is 112 Å². The van der Waals surface area contributed by atoms with Gasteiger partial charge in [0.25, 0.3) is 11.8 Å². The highest BCUT2D eigenvalue weighted by atomic mass is 16.2. The van der Waals surface area contributed by atoms with Crippen molar-refractivity contribution in [2.24, 2.45) is 0 Å². The first-order chi connectivity index (χ1) is 25.2. The summed E-state index contributed by atoms with van der Waals surface area (Å²) in [6.45, 7) is 18.1. The molecule has 0 fully saturated rings. The zero-order chi connectivity index (χ0) is 37.5. The number of nitrogens with zero attached hydrogens (tertiary/aromatic N) is 1. The molecule has 1 heterocycles. The molecule has 3 nitrogen and oxygen atoms in total. The third kappa shape index (κ3) is 9.80. The standard InChI is InChI=1S/C14H11NO2.C14H10.2C9H10.C3H8/c1-2-15-13(16)10-7-3-5-9-6-4-8-11(12(9)10)14(15)17;1-3-7-13-11(5-1)9-10-12-6-2-4-8-14(12)13;2*1-8(2)9-6-4-3-5-7-9;1-3-2/h3-8H,2H2,1H3;1-10H;2*3-7H,1H2,2H3;3H2,1-2H3. The van der Waals surface area contributed by atoms with E-state index in [9.17, 15) is 9.59 Å². The molecule has 52 heavy (non-hydrogen) atoms. The van der Waals surface area contributed by atoms with Gasteiger partial charge in [-0.25, -0.2) is 0 Å². The topological polar surface area (TPSA) is 37.4 Å². The quantitative estimate of drug-likeness (QED) is 0.137. The van der Waals surface area contributed by atoms with Gasteiger partial charge in [0.1, 0.15) is 0 Å². The Morgan fingerprint density at radius 1 is 0.462 bits per heavy atom. The molecule has 7 aromatic rings. The second kappa shape index (κ2) is 19.4. The minimum absolute atomic E-state index is 0.193. The largest absolute Gasteiger partial charge is 0.275 e. The maximum absolute atomic E-state index is 12.1. The molecule has 0 aromatic heterocycles. The van der Waals surface area contributed by atoms with Gasteiger partial charge in [0.2, 0.25) is 0 Å². The number of fused-ring (bicyclic) bond motifs is 3. The van der Waals surface area contributed by atoms with Gasteiger partial charge in [-0.15, -0.1) is 0 Å². The molecule has 8 rings (SSSR count). The van der Waals surface area contributed by atoms with Crippen LogP contribution >= 0.6 is 0 Å². The van der Waals surface area contributed by atoms with Crippen LogP contribution in [0.4, 0.5) is 0 Å². The zero-order valence-corrected chi connectivity index (χ0v) is 31.1. The highest BCUT2D eigenvalue weighted by Crippen LogP contribution is 2.29. The number of hydrogen-bond acceptors (Lipinski definition) is 2. The minimum atomic E-state index is -0.193. The van der Waals surface area contributed by atoms with Gasteiger partial charge in [-0.3, -0.25) is 14.5 Å². The first-order valence-corrected chi connectivity index (χ1v) is 17.9. The second-order valence-electron chi connectivity index (χ2n) is 12.6. The number of rotatable bonds is 3. The molecule has 0 radical (unpaired) electrons. The van der Waals surface area contributed by atoms with E-state index in [1.807, 2.05) is 81.4 Å². The zero-order valence-electron chi connectivity index (χ0n) is 31.1. The summed E-state index contributed by atoms with van der Waals surface area (Å²) in [4.78, 5) is 25.6. The number of benzene rings is 7. The number of hydrogen-bond donors (Lipinski definition) is 0. The lowest BCUT2D eigenvalue weighted by Gasteiger charge is -2.25. The summed E-state index contributed by atoms with van der Waals surface area (Å²) in [6.07, 6.45) is 1.25. The van der Waals surface area contributed by atoms with Crippen molar-refractivity contribution in [2.75, 3.05) is 6.54 Å². The number of imide groups is 1. The van der Waals surface area contributed by atoms with E-state index in [0.717, 1.165) is 21.9 Å². The van der Waals surface area contributed by atoms with Crippen LogP contribution in [0.25, 0.3) is 43.5 Å². The van der Waals surface area contributed by atoms with Crippen LogP contribution in [-0.4, -0.2) is 23.3 Å². The molecule has 0 aliphatic carbocycles. The van der Waals surface area contributed by atoms with Crippen LogP contribution in [0.3, 0.4) is 0 Å². The Labute approximate surface area is 309 Å². The first-order valence-electron chi connectivity index (χ1n) is 17.9. The number of allylic oxidation sites excluding steroid dienone is 2. The predicted octanol–water partition coefficient (Wildman–Crippen LogP) is 13.3. The average Bonchev–Trinajstić information content (AvgIpc) is 3.19. The molecular weight excluding hydrogens is 635 g/mol. The SMILES string of the molecule is C=C(C)c1ccccc1.C=C(C)c1ccccc1.CCC.CCN1C(=O)c2cccc3cccc(c23)C1=O.c1ccc2c(c1)ccc1ccccc12. The molecule has 0 unspecified atom stereocenters. The van der Waals surface area contributed by atoms with Crippen LogP contribution in [0.15, 0.2) is 171 Å². The summed E-state index contributed by atoms with van der Waals surface area (Å²) >= 11 is 0. The van der Waals surface area contributed by atoms with Gasteiger partial charge in [-0.2, -0.15) is 0 Å². The summed E-state index contributed by atoms with van der Waals surface area (Å²) in [5.74, 6) is -0.386. The lowest BCUT2D eigenvalue weighted by molar-refractivity contribution is 0.0619. The van der Waals surface area contributed by atoms with Crippen molar-refractivity contribution in [3.63, 3.8) is 0 Å². The van der Waals surface area contributed by atoms with Gasteiger partial charge in [0.05, 0.1) is 0 Å². The second-order valence-corrected chi connectivity index (χ2v) is 12.6. The lowest BCUT2D eigenvalue weighted by Crippen LogP contribution is -2.39. The van der Waals surface area contributed by atoms with E-state index in [1.54, 1.807) is 12.1 Å². The van der Waals surface area contributed by atoms with Gasteiger partial charge in [-0.1, -0.05) is 190 Å². The van der Waals surface area contributed by atoms with E-state index in [4.69, 9.17) is 0 Å². The van der Waals surface area contributed by atoms with Crippen molar-refractivity contribution in [1.82, 2.24) is 4.90 Å². The molecule has 2 amide bonds. The first kappa shape index (κ1) is 38.7. The fraction of sp³-hybridized carbons (Fsp3) is 0.143. The Hall–Kier alpha value is -6.06. The van der Waals surface area contributed by atoms with Crippen LogP contribution in [0, 0.1) is 0 Å². The monoisotopic (exact) mass is 683 g/mol. The molecule has 1 aliphatic rings. The third-order valence-corrected chi connectivity index (χ3v) is 8.36. The van der Waals surface area contributed by atoms with Crippen molar-refractivity contribution < 1.29 is 9.59 Å². The smallest absolute Gasteiger partial charge is 0.261 e. The molecule has 0 N–H and O–H groups in total.